The van der Waals surface area contributed by atoms with Gasteiger partial charge in [0.15, 0.2) is 0 Å². The minimum atomic E-state index is -2.87. The average Bonchev–Trinajstić information content (AvgIpc) is 2.56. The summed E-state index contributed by atoms with van der Waals surface area (Å²) >= 11 is 0. The SMILES string of the molecule is COc1ccccc1CCNC(=O)Nc1ccc(OC(F)F)cc1. The highest BCUT2D eigenvalue weighted by atomic mass is 19.3. The van der Waals surface area contributed by atoms with Crippen molar-refractivity contribution in [2.24, 2.45) is 0 Å². The first-order valence-corrected chi connectivity index (χ1v) is 7.30. The van der Waals surface area contributed by atoms with Crippen LogP contribution >= 0.6 is 0 Å². The lowest BCUT2D eigenvalue weighted by Gasteiger charge is -2.10. The van der Waals surface area contributed by atoms with Crippen LogP contribution in [0.3, 0.4) is 0 Å². The van der Waals surface area contributed by atoms with Crippen LogP contribution in [0.5, 0.6) is 11.5 Å². The summed E-state index contributed by atoms with van der Waals surface area (Å²) in [7, 11) is 1.60. The van der Waals surface area contributed by atoms with Gasteiger partial charge in [-0.3, -0.25) is 0 Å². The van der Waals surface area contributed by atoms with Crippen molar-refractivity contribution in [3.05, 3.63) is 54.1 Å². The number of amides is 2. The van der Waals surface area contributed by atoms with Crippen molar-refractivity contribution < 1.29 is 23.0 Å². The molecule has 5 nitrogen and oxygen atoms in total. The number of rotatable bonds is 7. The van der Waals surface area contributed by atoms with Crippen molar-refractivity contribution in [3.8, 4) is 11.5 Å². The van der Waals surface area contributed by atoms with Gasteiger partial charge >= 0.3 is 12.6 Å². The number of anilines is 1. The fourth-order valence-corrected chi connectivity index (χ4v) is 2.12. The van der Waals surface area contributed by atoms with E-state index in [-0.39, 0.29) is 11.8 Å². The average molecular weight is 336 g/mol. The molecule has 0 fully saturated rings. The molecule has 0 aliphatic carbocycles. The number of ether oxygens (including phenoxy) is 2. The molecule has 0 atom stereocenters. The second-order valence-corrected chi connectivity index (χ2v) is 4.85. The van der Waals surface area contributed by atoms with E-state index in [1.54, 1.807) is 7.11 Å². The third-order valence-corrected chi connectivity index (χ3v) is 3.21. The highest BCUT2D eigenvalue weighted by Crippen LogP contribution is 2.18. The maximum Gasteiger partial charge on any atom is 0.387 e. The third kappa shape index (κ3) is 5.42. The Hall–Kier alpha value is -2.83. The number of urea groups is 1. The normalized spacial score (nSPS) is 10.3. The van der Waals surface area contributed by atoms with Crippen LogP contribution < -0.4 is 20.1 Å². The first-order valence-electron chi connectivity index (χ1n) is 7.30. The number of halogens is 2. The van der Waals surface area contributed by atoms with Gasteiger partial charge in [-0.1, -0.05) is 18.2 Å². The molecule has 0 aliphatic heterocycles. The molecular formula is C17H18F2N2O3. The molecule has 0 radical (unpaired) electrons. The minimum absolute atomic E-state index is 0.0344. The smallest absolute Gasteiger partial charge is 0.387 e. The molecule has 0 unspecified atom stereocenters. The molecule has 2 rings (SSSR count). The summed E-state index contributed by atoms with van der Waals surface area (Å²) in [4.78, 5) is 11.8. The molecule has 2 aromatic carbocycles. The monoisotopic (exact) mass is 336 g/mol. The van der Waals surface area contributed by atoms with Gasteiger partial charge in [0.05, 0.1) is 7.11 Å². The topological polar surface area (TPSA) is 59.6 Å². The second-order valence-electron chi connectivity index (χ2n) is 4.85. The largest absolute Gasteiger partial charge is 0.496 e. The molecule has 0 bridgehead atoms. The van der Waals surface area contributed by atoms with Crippen LogP contribution in [-0.4, -0.2) is 26.3 Å². The van der Waals surface area contributed by atoms with Gasteiger partial charge in [-0.2, -0.15) is 8.78 Å². The Balaban J connectivity index is 1.79. The number of carbonyl (C=O) groups excluding carboxylic acids is 1. The van der Waals surface area contributed by atoms with Crippen LogP contribution in [0.15, 0.2) is 48.5 Å². The Kier molecular flexibility index (Phi) is 6.36. The lowest BCUT2D eigenvalue weighted by Crippen LogP contribution is -2.30. The van der Waals surface area contributed by atoms with Crippen molar-refractivity contribution >= 4 is 11.7 Å². The van der Waals surface area contributed by atoms with Gasteiger partial charge in [-0.15, -0.1) is 0 Å². The van der Waals surface area contributed by atoms with E-state index in [2.05, 4.69) is 15.4 Å². The number of hydrogen-bond donors (Lipinski definition) is 2. The second kappa shape index (κ2) is 8.71. The molecular weight excluding hydrogens is 318 g/mol. The van der Waals surface area contributed by atoms with E-state index < -0.39 is 6.61 Å². The van der Waals surface area contributed by atoms with E-state index in [0.29, 0.717) is 18.7 Å². The van der Waals surface area contributed by atoms with Crippen molar-refractivity contribution in [1.82, 2.24) is 5.32 Å². The molecule has 128 valence electrons. The van der Waals surface area contributed by atoms with E-state index in [0.717, 1.165) is 11.3 Å². The number of alkyl halides is 2. The first kappa shape index (κ1) is 17.5. The van der Waals surface area contributed by atoms with E-state index in [1.165, 1.54) is 24.3 Å². The van der Waals surface area contributed by atoms with Crippen molar-refractivity contribution in [2.45, 2.75) is 13.0 Å². The van der Waals surface area contributed by atoms with E-state index >= 15 is 0 Å². The van der Waals surface area contributed by atoms with E-state index in [4.69, 9.17) is 4.74 Å². The summed E-state index contributed by atoms with van der Waals surface area (Å²) < 4.78 is 33.6. The molecule has 0 spiro atoms. The van der Waals surface area contributed by atoms with Crippen LogP contribution in [0.4, 0.5) is 19.3 Å². The maximum absolute atomic E-state index is 12.1. The zero-order valence-corrected chi connectivity index (χ0v) is 13.1. The summed E-state index contributed by atoms with van der Waals surface area (Å²) in [5, 5.41) is 5.33. The van der Waals surface area contributed by atoms with Gasteiger partial charge in [0.1, 0.15) is 11.5 Å². The first-order chi connectivity index (χ1) is 11.6. The minimum Gasteiger partial charge on any atom is -0.496 e. The lowest BCUT2D eigenvalue weighted by atomic mass is 10.1. The van der Waals surface area contributed by atoms with Gasteiger partial charge in [0.2, 0.25) is 0 Å². The standard InChI is InChI=1S/C17H18F2N2O3/c1-23-15-5-3-2-4-12(15)10-11-20-17(22)21-13-6-8-14(9-7-13)24-16(18)19/h2-9,16H,10-11H2,1H3,(H2,20,21,22). The fraction of sp³-hybridized carbons (Fsp3) is 0.235. The number of para-hydroxylation sites is 1. The molecule has 2 aromatic rings. The quantitative estimate of drug-likeness (QED) is 0.811. The van der Waals surface area contributed by atoms with Crippen LogP contribution in [-0.2, 0) is 6.42 Å². The van der Waals surface area contributed by atoms with Crippen LogP contribution in [0.2, 0.25) is 0 Å². The Morgan fingerprint density at radius 1 is 1.12 bits per heavy atom. The number of hydrogen-bond acceptors (Lipinski definition) is 3. The van der Waals surface area contributed by atoms with Gasteiger partial charge in [0.25, 0.3) is 0 Å². The molecule has 0 heterocycles. The third-order valence-electron chi connectivity index (χ3n) is 3.21. The number of methoxy groups -OCH3 is 1. The van der Waals surface area contributed by atoms with Crippen molar-refractivity contribution in [1.29, 1.82) is 0 Å². The number of nitrogens with one attached hydrogen (secondary N) is 2. The zero-order chi connectivity index (χ0) is 17.4. The highest BCUT2D eigenvalue weighted by molar-refractivity contribution is 5.89. The van der Waals surface area contributed by atoms with Crippen molar-refractivity contribution in [3.63, 3.8) is 0 Å². The fourth-order valence-electron chi connectivity index (χ4n) is 2.12. The van der Waals surface area contributed by atoms with Crippen LogP contribution in [0.1, 0.15) is 5.56 Å². The molecule has 24 heavy (non-hydrogen) atoms. The summed E-state index contributed by atoms with van der Waals surface area (Å²) in [6.07, 6.45) is 0.624. The molecule has 0 saturated carbocycles. The summed E-state index contributed by atoms with van der Waals surface area (Å²) in [6, 6.07) is 12.9. The Morgan fingerprint density at radius 3 is 2.50 bits per heavy atom. The Morgan fingerprint density at radius 2 is 1.83 bits per heavy atom. The van der Waals surface area contributed by atoms with Gasteiger partial charge in [0, 0.05) is 12.2 Å². The zero-order valence-electron chi connectivity index (χ0n) is 13.1. The molecule has 2 amide bonds. The Bertz CT molecular complexity index is 663. The van der Waals surface area contributed by atoms with Gasteiger partial charge in [-0.05, 0) is 42.3 Å². The number of benzene rings is 2. The maximum atomic E-state index is 12.1. The molecule has 7 heteroatoms. The summed E-state index contributed by atoms with van der Waals surface area (Å²) in [5.41, 5.74) is 1.47. The van der Waals surface area contributed by atoms with E-state index in [9.17, 15) is 13.6 Å². The van der Waals surface area contributed by atoms with Gasteiger partial charge in [-0.25, -0.2) is 4.79 Å². The van der Waals surface area contributed by atoms with Crippen molar-refractivity contribution in [2.75, 3.05) is 19.0 Å². The highest BCUT2D eigenvalue weighted by Gasteiger charge is 2.06. The molecule has 0 saturated heterocycles. The number of carbonyl (C=O) groups is 1. The summed E-state index contributed by atoms with van der Waals surface area (Å²) in [6.45, 7) is -2.44. The molecule has 0 aromatic heterocycles. The molecule has 2 N–H and O–H groups in total. The predicted octanol–water partition coefficient (Wildman–Crippen LogP) is 3.66. The summed E-state index contributed by atoms with van der Waals surface area (Å²) in [5.74, 6) is 0.807. The van der Waals surface area contributed by atoms with Crippen LogP contribution in [0.25, 0.3) is 0 Å². The van der Waals surface area contributed by atoms with Gasteiger partial charge < -0.3 is 20.1 Å². The lowest BCUT2D eigenvalue weighted by molar-refractivity contribution is -0.0498. The Labute approximate surface area is 138 Å². The predicted molar refractivity (Wildman–Crippen MR) is 86.8 cm³/mol. The van der Waals surface area contributed by atoms with Crippen LogP contribution in [0, 0.1) is 0 Å². The van der Waals surface area contributed by atoms with E-state index in [1.807, 2.05) is 24.3 Å². The molecule has 0 aliphatic rings.